The van der Waals surface area contributed by atoms with Gasteiger partial charge in [0.1, 0.15) is 3.70 Å². The molecule has 13 heavy (non-hydrogen) atoms. The van der Waals surface area contributed by atoms with E-state index in [2.05, 4.69) is 4.98 Å². The maximum absolute atomic E-state index is 11.6. The second-order valence-corrected chi connectivity index (χ2v) is 6.52. The summed E-state index contributed by atoms with van der Waals surface area (Å²) in [7, 11) is -3.16. The Morgan fingerprint density at radius 1 is 1.38 bits per heavy atom. The molecule has 1 aromatic heterocycles. The van der Waals surface area contributed by atoms with Crippen LogP contribution in [0.5, 0.6) is 0 Å². The van der Waals surface area contributed by atoms with Crippen LogP contribution in [0, 0.1) is 3.70 Å². The van der Waals surface area contributed by atoms with Crippen LogP contribution in [0.4, 0.5) is 0 Å². The smallest absolute Gasteiger partial charge is 0.182 e. The highest BCUT2D eigenvalue weighted by atomic mass is 127. The average molecular weight is 311 g/mol. The number of hydrogen-bond acceptors (Lipinski definition) is 3. The lowest BCUT2D eigenvalue weighted by molar-refractivity contribution is 0.587. The molecule has 72 valence electrons. The number of sulfone groups is 1. The van der Waals surface area contributed by atoms with Crippen molar-refractivity contribution in [1.82, 2.24) is 4.98 Å². The van der Waals surface area contributed by atoms with Gasteiger partial charge in [0.05, 0.1) is 10.1 Å². The minimum absolute atomic E-state index is 0.294. The molecule has 0 radical (unpaired) electrons. The molecule has 0 aromatic carbocycles. The molecule has 0 aliphatic carbocycles. The minimum atomic E-state index is -3.16. The van der Waals surface area contributed by atoms with Crippen molar-refractivity contribution in [1.29, 1.82) is 0 Å². The van der Waals surface area contributed by atoms with E-state index in [-0.39, 0.29) is 0 Å². The summed E-state index contributed by atoms with van der Waals surface area (Å²) in [6, 6.07) is 3.28. The van der Waals surface area contributed by atoms with Crippen molar-refractivity contribution in [2.75, 3.05) is 0 Å². The maximum Gasteiger partial charge on any atom is 0.182 e. The molecule has 0 bridgehead atoms. The van der Waals surface area contributed by atoms with Crippen LogP contribution in [0.3, 0.4) is 0 Å². The van der Waals surface area contributed by atoms with Crippen molar-refractivity contribution < 1.29 is 8.42 Å². The first-order valence-corrected chi connectivity index (χ1v) is 6.42. The van der Waals surface area contributed by atoms with E-state index in [1.54, 1.807) is 26.0 Å². The van der Waals surface area contributed by atoms with Crippen LogP contribution in [0.25, 0.3) is 0 Å². The molecule has 0 spiro atoms. The fourth-order valence-corrected chi connectivity index (χ4v) is 2.12. The van der Waals surface area contributed by atoms with Gasteiger partial charge in [-0.2, -0.15) is 0 Å². The van der Waals surface area contributed by atoms with Gasteiger partial charge in [0, 0.05) is 6.20 Å². The van der Waals surface area contributed by atoms with Crippen molar-refractivity contribution in [2.45, 2.75) is 24.0 Å². The largest absolute Gasteiger partial charge is 0.249 e. The highest BCUT2D eigenvalue weighted by Crippen LogP contribution is 2.15. The molecule has 0 saturated heterocycles. The fourth-order valence-electron chi connectivity index (χ4n) is 0.803. The number of halogens is 1. The monoisotopic (exact) mass is 311 g/mol. The minimum Gasteiger partial charge on any atom is -0.249 e. The van der Waals surface area contributed by atoms with Gasteiger partial charge in [0.25, 0.3) is 0 Å². The zero-order valence-corrected chi connectivity index (χ0v) is 10.3. The summed E-state index contributed by atoms with van der Waals surface area (Å²) < 4.78 is 24.0. The molecule has 0 saturated carbocycles. The molecule has 0 aliphatic heterocycles. The Kier molecular flexibility index (Phi) is 3.28. The predicted octanol–water partition coefficient (Wildman–Crippen LogP) is 1.87. The van der Waals surface area contributed by atoms with Crippen molar-refractivity contribution in [3.8, 4) is 0 Å². The summed E-state index contributed by atoms with van der Waals surface area (Å²) in [5, 5.41) is -0.394. The summed E-state index contributed by atoms with van der Waals surface area (Å²) in [4.78, 5) is 4.23. The summed E-state index contributed by atoms with van der Waals surface area (Å²) in [5.74, 6) is 0. The van der Waals surface area contributed by atoms with Gasteiger partial charge in [-0.15, -0.1) is 0 Å². The third-order valence-electron chi connectivity index (χ3n) is 1.65. The summed E-state index contributed by atoms with van der Waals surface area (Å²) >= 11 is 2.04. The lowest BCUT2D eigenvalue weighted by Crippen LogP contribution is -2.14. The van der Waals surface area contributed by atoms with Gasteiger partial charge in [0.15, 0.2) is 9.84 Å². The van der Waals surface area contributed by atoms with Gasteiger partial charge < -0.3 is 0 Å². The third kappa shape index (κ3) is 2.40. The Morgan fingerprint density at radius 2 is 2.00 bits per heavy atom. The molecular formula is C8H10INO2S. The molecule has 3 nitrogen and oxygen atoms in total. The number of rotatable bonds is 2. The number of pyridine rings is 1. The van der Waals surface area contributed by atoms with E-state index < -0.39 is 15.1 Å². The quantitative estimate of drug-likeness (QED) is 0.619. The van der Waals surface area contributed by atoms with Gasteiger partial charge >= 0.3 is 0 Å². The van der Waals surface area contributed by atoms with Crippen LogP contribution in [-0.2, 0) is 9.84 Å². The predicted molar refractivity (Wildman–Crippen MR) is 59.3 cm³/mol. The number of hydrogen-bond donors (Lipinski definition) is 0. The van der Waals surface area contributed by atoms with E-state index in [0.29, 0.717) is 4.90 Å². The Bertz CT molecular complexity index is 383. The first kappa shape index (κ1) is 10.9. The van der Waals surface area contributed by atoms with E-state index in [1.807, 2.05) is 22.6 Å². The average Bonchev–Trinajstić information content (AvgIpc) is 2.04. The second-order valence-electron chi connectivity index (χ2n) is 2.91. The van der Waals surface area contributed by atoms with E-state index in [1.165, 1.54) is 6.20 Å². The van der Waals surface area contributed by atoms with E-state index >= 15 is 0 Å². The Hall–Kier alpha value is -0.170. The third-order valence-corrected chi connectivity index (χ3v) is 4.43. The second kappa shape index (κ2) is 3.91. The van der Waals surface area contributed by atoms with Gasteiger partial charge in [0.2, 0.25) is 0 Å². The molecule has 0 atom stereocenters. The molecular weight excluding hydrogens is 301 g/mol. The van der Waals surface area contributed by atoms with Crippen LogP contribution in [-0.4, -0.2) is 18.7 Å². The van der Waals surface area contributed by atoms with Crippen molar-refractivity contribution in [2.24, 2.45) is 0 Å². The first-order valence-electron chi connectivity index (χ1n) is 3.80. The highest BCUT2D eigenvalue weighted by Gasteiger charge is 2.18. The summed E-state index contributed by atoms with van der Waals surface area (Å²) in [6.45, 7) is 3.32. The highest BCUT2D eigenvalue weighted by molar-refractivity contribution is 14.1. The molecule has 0 N–H and O–H groups in total. The SMILES string of the molecule is CC(C)S(=O)(=O)c1ccc(I)nc1. The topological polar surface area (TPSA) is 47.0 Å². The van der Waals surface area contributed by atoms with Crippen LogP contribution < -0.4 is 0 Å². The zero-order valence-electron chi connectivity index (χ0n) is 7.36. The lowest BCUT2D eigenvalue weighted by Gasteiger charge is -2.06. The fraction of sp³-hybridized carbons (Fsp3) is 0.375. The molecule has 0 unspecified atom stereocenters. The van der Waals surface area contributed by atoms with Gasteiger partial charge in [-0.3, -0.25) is 0 Å². The maximum atomic E-state index is 11.6. The molecule has 1 heterocycles. The number of nitrogens with zero attached hydrogens (tertiary/aromatic N) is 1. The van der Waals surface area contributed by atoms with Gasteiger partial charge in [-0.05, 0) is 48.6 Å². The lowest BCUT2D eigenvalue weighted by atomic mass is 10.5. The van der Waals surface area contributed by atoms with Crippen LogP contribution in [0.15, 0.2) is 23.2 Å². The standard InChI is InChI=1S/C8H10INO2S/c1-6(2)13(11,12)7-3-4-8(9)10-5-7/h3-6H,1-2H3. The van der Waals surface area contributed by atoms with E-state index in [0.717, 1.165) is 3.70 Å². The van der Waals surface area contributed by atoms with Crippen LogP contribution >= 0.6 is 22.6 Å². The van der Waals surface area contributed by atoms with Crippen molar-refractivity contribution in [3.05, 3.63) is 22.0 Å². The zero-order chi connectivity index (χ0) is 10.1. The van der Waals surface area contributed by atoms with E-state index in [9.17, 15) is 8.42 Å². The normalized spacial score (nSPS) is 12.0. The summed E-state index contributed by atoms with van der Waals surface area (Å²) in [6.07, 6.45) is 1.40. The molecule has 0 fully saturated rings. The Morgan fingerprint density at radius 3 is 2.38 bits per heavy atom. The summed E-state index contributed by atoms with van der Waals surface area (Å²) in [5.41, 5.74) is 0. The molecule has 0 amide bonds. The molecule has 1 aromatic rings. The van der Waals surface area contributed by atoms with Crippen LogP contribution in [0.1, 0.15) is 13.8 Å². The first-order chi connectivity index (χ1) is 5.94. The molecule has 5 heteroatoms. The van der Waals surface area contributed by atoms with Gasteiger partial charge in [-0.1, -0.05) is 0 Å². The molecule has 1 rings (SSSR count). The molecule has 0 aliphatic rings. The van der Waals surface area contributed by atoms with Crippen LogP contribution in [0.2, 0.25) is 0 Å². The Balaban J connectivity index is 3.17. The van der Waals surface area contributed by atoms with Crippen molar-refractivity contribution >= 4 is 32.4 Å². The van der Waals surface area contributed by atoms with Crippen molar-refractivity contribution in [3.63, 3.8) is 0 Å². The van der Waals surface area contributed by atoms with Gasteiger partial charge in [-0.25, -0.2) is 13.4 Å². The number of aromatic nitrogens is 1. The van der Waals surface area contributed by atoms with E-state index in [4.69, 9.17) is 0 Å². The Labute approximate surface area is 91.6 Å².